The third-order valence-corrected chi connectivity index (χ3v) is 4.34. The van der Waals surface area contributed by atoms with Crippen LogP contribution in [0.5, 0.6) is 0 Å². The Bertz CT molecular complexity index is 1150. The topological polar surface area (TPSA) is 108 Å². The van der Waals surface area contributed by atoms with Gasteiger partial charge in [0.2, 0.25) is 5.91 Å². The van der Waals surface area contributed by atoms with E-state index in [2.05, 4.69) is 20.4 Å². The Labute approximate surface area is 159 Å². The molecule has 0 aliphatic carbocycles. The summed E-state index contributed by atoms with van der Waals surface area (Å²) in [7, 11) is 0. The van der Waals surface area contributed by atoms with Crippen LogP contribution in [-0.2, 0) is 17.9 Å². The van der Waals surface area contributed by atoms with Gasteiger partial charge in [0.05, 0.1) is 5.52 Å². The van der Waals surface area contributed by atoms with Gasteiger partial charge in [0.1, 0.15) is 12.7 Å². The molecule has 28 heavy (non-hydrogen) atoms. The molecular formula is C19H18N6O3. The number of fused-ring (bicyclic) bond motifs is 1. The van der Waals surface area contributed by atoms with Gasteiger partial charge in [-0.15, -0.1) is 0 Å². The van der Waals surface area contributed by atoms with Gasteiger partial charge in [-0.05, 0) is 24.6 Å². The molecular weight excluding hydrogens is 360 g/mol. The molecule has 4 aromatic rings. The summed E-state index contributed by atoms with van der Waals surface area (Å²) in [6.45, 7) is 0.747. The molecule has 0 atom stereocenters. The van der Waals surface area contributed by atoms with E-state index in [1.54, 1.807) is 33.9 Å². The van der Waals surface area contributed by atoms with Crippen molar-refractivity contribution in [3.8, 4) is 5.82 Å². The molecule has 1 amide bonds. The van der Waals surface area contributed by atoms with Gasteiger partial charge < -0.3 is 9.73 Å². The molecule has 3 heterocycles. The Balaban J connectivity index is 1.33. The fourth-order valence-electron chi connectivity index (χ4n) is 3.00. The lowest BCUT2D eigenvalue weighted by molar-refractivity contribution is -0.121. The quantitative estimate of drug-likeness (QED) is 0.524. The molecule has 0 bridgehead atoms. The molecule has 0 spiro atoms. The lowest BCUT2D eigenvalue weighted by atomic mass is 10.2. The highest BCUT2D eigenvalue weighted by Crippen LogP contribution is 2.13. The summed E-state index contributed by atoms with van der Waals surface area (Å²) in [5, 5.41) is 6.96. The number of hydrogen-bond donors (Lipinski definition) is 1. The van der Waals surface area contributed by atoms with Crippen LogP contribution in [0.25, 0.3) is 16.9 Å². The second-order valence-corrected chi connectivity index (χ2v) is 6.19. The van der Waals surface area contributed by atoms with Gasteiger partial charge in [-0.1, -0.05) is 18.2 Å². The summed E-state index contributed by atoms with van der Waals surface area (Å²) in [4.78, 5) is 32.4. The molecule has 3 aromatic heterocycles. The number of pyridine rings is 1. The molecule has 0 saturated carbocycles. The Hall–Kier alpha value is -3.75. The Morgan fingerprint density at radius 3 is 2.93 bits per heavy atom. The number of aryl methyl sites for hydroxylation is 1. The van der Waals surface area contributed by atoms with Gasteiger partial charge >= 0.3 is 5.76 Å². The van der Waals surface area contributed by atoms with Crippen LogP contribution in [-0.4, -0.2) is 30.2 Å². The number of benzene rings is 1. The van der Waals surface area contributed by atoms with Crippen LogP contribution in [0.3, 0.4) is 0 Å². The van der Waals surface area contributed by atoms with Crippen molar-refractivity contribution in [2.45, 2.75) is 25.9 Å². The van der Waals surface area contributed by atoms with Gasteiger partial charge in [0.25, 0.3) is 0 Å². The van der Waals surface area contributed by atoms with Crippen LogP contribution in [0.4, 0.5) is 0 Å². The van der Waals surface area contributed by atoms with E-state index in [9.17, 15) is 9.59 Å². The normalized spacial score (nSPS) is 11.0. The molecule has 4 rings (SSSR count). The van der Waals surface area contributed by atoms with Crippen LogP contribution in [0.15, 0.2) is 64.5 Å². The molecule has 0 aliphatic heterocycles. The Morgan fingerprint density at radius 2 is 2.07 bits per heavy atom. The molecule has 0 aliphatic rings. The Morgan fingerprint density at radius 1 is 1.18 bits per heavy atom. The number of nitrogens with zero attached hydrogens (tertiary/aromatic N) is 5. The first kappa shape index (κ1) is 17.7. The lowest BCUT2D eigenvalue weighted by Crippen LogP contribution is -2.24. The number of carbonyl (C=O) groups is 1. The average molecular weight is 378 g/mol. The monoisotopic (exact) mass is 378 g/mol. The fraction of sp³-hybridized carbons (Fsp3) is 0.211. The highest BCUT2D eigenvalue weighted by atomic mass is 16.4. The first-order valence-electron chi connectivity index (χ1n) is 8.86. The zero-order valence-corrected chi connectivity index (χ0v) is 15.0. The molecule has 142 valence electrons. The van der Waals surface area contributed by atoms with Crippen LogP contribution in [0.1, 0.15) is 18.4 Å². The lowest BCUT2D eigenvalue weighted by Gasteiger charge is -2.09. The predicted octanol–water partition coefficient (Wildman–Crippen LogP) is 1.67. The summed E-state index contributed by atoms with van der Waals surface area (Å²) in [6.07, 6.45) is 5.47. The third-order valence-electron chi connectivity index (χ3n) is 4.34. The first-order valence-corrected chi connectivity index (χ1v) is 8.86. The summed E-state index contributed by atoms with van der Waals surface area (Å²) in [5.41, 5.74) is 2.12. The van der Waals surface area contributed by atoms with Crippen LogP contribution in [0.2, 0.25) is 0 Å². The highest BCUT2D eigenvalue weighted by Gasteiger charge is 2.11. The van der Waals surface area contributed by atoms with E-state index >= 15 is 0 Å². The zero-order chi connectivity index (χ0) is 19.3. The molecule has 1 aromatic carbocycles. The number of carbonyl (C=O) groups excluding carboxylic acids is 1. The van der Waals surface area contributed by atoms with Crippen molar-refractivity contribution in [3.63, 3.8) is 0 Å². The third kappa shape index (κ3) is 3.68. The van der Waals surface area contributed by atoms with Crippen molar-refractivity contribution in [1.82, 2.24) is 29.6 Å². The van der Waals surface area contributed by atoms with Crippen LogP contribution < -0.4 is 11.1 Å². The molecule has 9 nitrogen and oxygen atoms in total. The molecule has 9 heteroatoms. The van der Waals surface area contributed by atoms with Gasteiger partial charge in [-0.25, -0.2) is 19.4 Å². The molecule has 0 saturated heterocycles. The smallest absolute Gasteiger partial charge is 0.408 e. The second-order valence-electron chi connectivity index (χ2n) is 6.19. The minimum absolute atomic E-state index is 0.103. The van der Waals surface area contributed by atoms with Gasteiger partial charge in [-0.2, -0.15) is 5.10 Å². The number of oxazole rings is 1. The molecule has 0 unspecified atom stereocenters. The number of hydrogen-bond acceptors (Lipinski definition) is 6. The standard InChI is InChI=1S/C19H18N6O3/c26-17(8-4-10-24-15-6-1-2-7-16(15)28-19(24)27)22-11-14-5-3-9-21-18(14)25-13-20-12-23-25/h1-3,5-7,9,12-13H,4,8,10-11H2,(H,22,26). The minimum atomic E-state index is -0.408. The van der Waals surface area contributed by atoms with E-state index in [4.69, 9.17) is 4.42 Å². The summed E-state index contributed by atoms with van der Waals surface area (Å²) < 4.78 is 8.30. The second kappa shape index (κ2) is 7.87. The van der Waals surface area contributed by atoms with E-state index in [0.29, 0.717) is 37.3 Å². The fourth-order valence-corrected chi connectivity index (χ4v) is 3.00. The van der Waals surface area contributed by atoms with Crippen molar-refractivity contribution < 1.29 is 9.21 Å². The van der Waals surface area contributed by atoms with Crippen molar-refractivity contribution in [2.24, 2.45) is 0 Å². The van der Waals surface area contributed by atoms with Gasteiger partial charge in [0.15, 0.2) is 11.4 Å². The van der Waals surface area contributed by atoms with Crippen LogP contribution in [0, 0.1) is 0 Å². The SMILES string of the molecule is O=C(CCCn1c(=O)oc2ccccc21)NCc1cccnc1-n1cncn1. The van der Waals surface area contributed by atoms with E-state index in [1.165, 1.54) is 6.33 Å². The maximum absolute atomic E-state index is 12.2. The van der Waals surface area contributed by atoms with Crippen molar-refractivity contribution in [2.75, 3.05) is 0 Å². The number of nitrogens with one attached hydrogen (secondary N) is 1. The van der Waals surface area contributed by atoms with Gasteiger partial charge in [0, 0.05) is 31.3 Å². The summed E-state index contributed by atoms with van der Waals surface area (Å²) in [5.74, 6) is 0.111. The van der Waals surface area contributed by atoms with Crippen LogP contribution >= 0.6 is 0 Å². The summed E-state index contributed by atoms with van der Waals surface area (Å²) >= 11 is 0. The Kier molecular flexibility index (Phi) is 4.96. The van der Waals surface area contributed by atoms with Crippen molar-refractivity contribution in [1.29, 1.82) is 0 Å². The molecule has 0 radical (unpaired) electrons. The highest BCUT2D eigenvalue weighted by molar-refractivity contribution is 5.76. The summed E-state index contributed by atoms with van der Waals surface area (Å²) in [6, 6.07) is 10.9. The predicted molar refractivity (Wildman–Crippen MR) is 101 cm³/mol. The largest absolute Gasteiger partial charge is 0.419 e. The van der Waals surface area contributed by atoms with E-state index in [-0.39, 0.29) is 5.91 Å². The van der Waals surface area contributed by atoms with E-state index < -0.39 is 5.76 Å². The number of amides is 1. The van der Waals surface area contributed by atoms with Gasteiger partial charge in [-0.3, -0.25) is 9.36 Å². The number of aromatic nitrogens is 5. The van der Waals surface area contributed by atoms with E-state index in [1.807, 2.05) is 24.3 Å². The minimum Gasteiger partial charge on any atom is -0.408 e. The number of para-hydroxylation sites is 2. The molecule has 0 fully saturated rings. The maximum Gasteiger partial charge on any atom is 0.419 e. The average Bonchev–Trinajstić information content (AvgIpc) is 3.35. The molecule has 1 N–H and O–H groups in total. The van der Waals surface area contributed by atoms with Crippen molar-refractivity contribution in [3.05, 3.63) is 71.4 Å². The van der Waals surface area contributed by atoms with E-state index in [0.717, 1.165) is 11.1 Å². The van der Waals surface area contributed by atoms with Crippen molar-refractivity contribution >= 4 is 17.0 Å². The maximum atomic E-state index is 12.2. The number of rotatable bonds is 7. The first-order chi connectivity index (χ1) is 13.7. The zero-order valence-electron chi connectivity index (χ0n) is 15.0.